The molecule has 114 valence electrons. The van der Waals surface area contributed by atoms with Gasteiger partial charge in [-0.25, -0.2) is 5.43 Å². The maximum atomic E-state index is 11.8. The van der Waals surface area contributed by atoms with Crippen LogP contribution in [0, 0.1) is 6.92 Å². The molecule has 0 aliphatic carbocycles. The third-order valence-electron chi connectivity index (χ3n) is 3.18. The van der Waals surface area contributed by atoms with Crippen LogP contribution in [0.2, 0.25) is 0 Å². The number of nitrogens with zero attached hydrogens (tertiary/aromatic N) is 1. The van der Waals surface area contributed by atoms with E-state index in [9.17, 15) is 4.79 Å². The Balaban J connectivity index is 1.85. The average molecular weight is 296 g/mol. The maximum absolute atomic E-state index is 11.8. The van der Waals surface area contributed by atoms with Crippen molar-refractivity contribution in [3.8, 4) is 0 Å². The SMILES string of the molecule is C/C(=N\NC(=O)CNc1ccc(C)cc1)c1ccc(N)cc1. The Hall–Kier alpha value is -2.82. The van der Waals surface area contributed by atoms with Crippen LogP contribution in [0.25, 0.3) is 0 Å². The van der Waals surface area contributed by atoms with Crippen LogP contribution in [0.15, 0.2) is 53.6 Å². The molecule has 4 N–H and O–H groups in total. The monoisotopic (exact) mass is 296 g/mol. The first-order valence-electron chi connectivity index (χ1n) is 7.04. The first-order chi connectivity index (χ1) is 10.5. The molecule has 0 aliphatic heterocycles. The molecule has 0 fully saturated rings. The summed E-state index contributed by atoms with van der Waals surface area (Å²) in [5, 5.41) is 7.13. The van der Waals surface area contributed by atoms with E-state index in [-0.39, 0.29) is 12.5 Å². The lowest BCUT2D eigenvalue weighted by molar-refractivity contribution is -0.119. The van der Waals surface area contributed by atoms with Gasteiger partial charge in [-0.05, 0) is 43.7 Å². The van der Waals surface area contributed by atoms with Gasteiger partial charge in [-0.3, -0.25) is 4.79 Å². The fourth-order valence-electron chi connectivity index (χ4n) is 1.83. The molecule has 0 atom stereocenters. The van der Waals surface area contributed by atoms with Gasteiger partial charge >= 0.3 is 0 Å². The molecule has 0 bridgehead atoms. The number of hydrogen-bond acceptors (Lipinski definition) is 4. The number of amides is 1. The molecule has 0 heterocycles. The summed E-state index contributed by atoms with van der Waals surface area (Å²) in [6.07, 6.45) is 0. The summed E-state index contributed by atoms with van der Waals surface area (Å²) in [7, 11) is 0. The predicted octanol–water partition coefficient (Wildman–Crippen LogP) is 2.53. The van der Waals surface area contributed by atoms with Crippen LogP contribution in [0.4, 0.5) is 11.4 Å². The van der Waals surface area contributed by atoms with Gasteiger partial charge in [-0.2, -0.15) is 5.10 Å². The summed E-state index contributed by atoms with van der Waals surface area (Å²) in [5.41, 5.74) is 12.6. The number of carbonyl (C=O) groups is 1. The Kier molecular flexibility index (Phi) is 5.14. The van der Waals surface area contributed by atoms with E-state index in [2.05, 4.69) is 15.8 Å². The Bertz CT molecular complexity index is 660. The number of nitrogen functional groups attached to an aromatic ring is 1. The summed E-state index contributed by atoms with van der Waals surface area (Å²) < 4.78 is 0. The number of hydrogen-bond donors (Lipinski definition) is 3. The Morgan fingerprint density at radius 2 is 1.73 bits per heavy atom. The standard InChI is InChI=1S/C17H20N4O/c1-12-3-9-16(10-4-12)19-11-17(22)21-20-13(2)14-5-7-15(18)8-6-14/h3-10,19H,11,18H2,1-2H3,(H,21,22)/b20-13+. The normalized spacial score (nSPS) is 11.1. The summed E-state index contributed by atoms with van der Waals surface area (Å²) in [4.78, 5) is 11.8. The first kappa shape index (κ1) is 15.6. The van der Waals surface area contributed by atoms with Gasteiger partial charge in [-0.15, -0.1) is 0 Å². The van der Waals surface area contributed by atoms with E-state index >= 15 is 0 Å². The van der Waals surface area contributed by atoms with Crippen molar-refractivity contribution in [2.75, 3.05) is 17.6 Å². The highest BCUT2D eigenvalue weighted by Crippen LogP contribution is 2.08. The van der Waals surface area contributed by atoms with Crippen molar-refractivity contribution in [2.45, 2.75) is 13.8 Å². The maximum Gasteiger partial charge on any atom is 0.259 e. The lowest BCUT2D eigenvalue weighted by atomic mass is 10.1. The average Bonchev–Trinajstić information content (AvgIpc) is 2.52. The van der Waals surface area contributed by atoms with Crippen LogP contribution in [-0.2, 0) is 4.79 Å². The zero-order valence-corrected chi connectivity index (χ0v) is 12.8. The molecular formula is C17H20N4O. The van der Waals surface area contributed by atoms with Gasteiger partial charge in [0, 0.05) is 11.4 Å². The first-order valence-corrected chi connectivity index (χ1v) is 7.04. The number of carbonyl (C=O) groups excluding carboxylic acids is 1. The molecule has 0 saturated heterocycles. The van der Waals surface area contributed by atoms with Gasteiger partial charge < -0.3 is 11.1 Å². The number of benzene rings is 2. The topological polar surface area (TPSA) is 79.5 Å². The fraction of sp³-hybridized carbons (Fsp3) is 0.176. The van der Waals surface area contributed by atoms with Crippen molar-refractivity contribution >= 4 is 23.0 Å². The fourth-order valence-corrected chi connectivity index (χ4v) is 1.83. The van der Waals surface area contributed by atoms with E-state index in [4.69, 9.17) is 5.73 Å². The molecule has 0 aromatic heterocycles. The van der Waals surface area contributed by atoms with Crippen LogP contribution in [-0.4, -0.2) is 18.2 Å². The van der Waals surface area contributed by atoms with E-state index in [1.165, 1.54) is 5.56 Å². The van der Waals surface area contributed by atoms with E-state index in [0.717, 1.165) is 17.0 Å². The summed E-state index contributed by atoms with van der Waals surface area (Å²) in [6.45, 7) is 4.02. The predicted molar refractivity (Wildman–Crippen MR) is 90.9 cm³/mol. The van der Waals surface area contributed by atoms with Gasteiger partial charge in [0.2, 0.25) is 0 Å². The largest absolute Gasteiger partial charge is 0.399 e. The molecule has 2 rings (SSSR count). The van der Waals surface area contributed by atoms with E-state index in [1.54, 1.807) is 12.1 Å². The van der Waals surface area contributed by atoms with Crippen LogP contribution in [0.5, 0.6) is 0 Å². The number of hydrazone groups is 1. The van der Waals surface area contributed by atoms with Gasteiger partial charge in [0.15, 0.2) is 0 Å². The molecule has 0 saturated carbocycles. The smallest absolute Gasteiger partial charge is 0.259 e. The molecule has 0 radical (unpaired) electrons. The second kappa shape index (κ2) is 7.26. The number of rotatable bonds is 5. The van der Waals surface area contributed by atoms with Crippen LogP contribution >= 0.6 is 0 Å². The molecule has 2 aromatic carbocycles. The van der Waals surface area contributed by atoms with Gasteiger partial charge in [0.05, 0.1) is 12.3 Å². The van der Waals surface area contributed by atoms with Crippen LogP contribution < -0.4 is 16.5 Å². The van der Waals surface area contributed by atoms with Gasteiger partial charge in [0.1, 0.15) is 0 Å². The Labute approximate surface area is 130 Å². The van der Waals surface area contributed by atoms with Crippen molar-refractivity contribution in [1.29, 1.82) is 0 Å². The lowest BCUT2D eigenvalue weighted by Crippen LogP contribution is -2.26. The molecule has 22 heavy (non-hydrogen) atoms. The zero-order chi connectivity index (χ0) is 15.9. The Morgan fingerprint density at radius 3 is 2.36 bits per heavy atom. The molecular weight excluding hydrogens is 276 g/mol. The van der Waals surface area contributed by atoms with Crippen molar-refractivity contribution in [2.24, 2.45) is 5.10 Å². The van der Waals surface area contributed by atoms with Crippen LogP contribution in [0.3, 0.4) is 0 Å². The van der Waals surface area contributed by atoms with Gasteiger partial charge in [0.25, 0.3) is 5.91 Å². The highest BCUT2D eigenvalue weighted by atomic mass is 16.2. The molecule has 0 aliphatic rings. The zero-order valence-electron chi connectivity index (χ0n) is 12.8. The highest BCUT2D eigenvalue weighted by molar-refractivity contribution is 5.99. The second-order valence-corrected chi connectivity index (χ2v) is 5.07. The van der Waals surface area contributed by atoms with Crippen molar-refractivity contribution in [1.82, 2.24) is 5.43 Å². The second-order valence-electron chi connectivity index (χ2n) is 5.07. The summed E-state index contributed by atoms with van der Waals surface area (Å²) in [5.74, 6) is -0.199. The quantitative estimate of drug-likeness (QED) is 0.450. The van der Waals surface area contributed by atoms with Crippen molar-refractivity contribution in [3.05, 3.63) is 59.7 Å². The number of nitrogens with two attached hydrogens (primary N) is 1. The highest BCUT2D eigenvalue weighted by Gasteiger charge is 2.01. The molecule has 0 spiro atoms. The summed E-state index contributed by atoms with van der Waals surface area (Å²) in [6, 6.07) is 15.2. The minimum absolute atomic E-state index is 0.168. The summed E-state index contributed by atoms with van der Waals surface area (Å²) >= 11 is 0. The van der Waals surface area contributed by atoms with Crippen molar-refractivity contribution in [3.63, 3.8) is 0 Å². The molecule has 2 aromatic rings. The third-order valence-corrected chi connectivity index (χ3v) is 3.18. The minimum atomic E-state index is -0.199. The number of anilines is 2. The minimum Gasteiger partial charge on any atom is -0.399 e. The van der Waals surface area contributed by atoms with Crippen molar-refractivity contribution < 1.29 is 4.79 Å². The molecule has 5 heteroatoms. The molecule has 5 nitrogen and oxygen atoms in total. The van der Waals surface area contributed by atoms with E-state index in [1.807, 2.05) is 50.2 Å². The lowest BCUT2D eigenvalue weighted by Gasteiger charge is -2.06. The van der Waals surface area contributed by atoms with Gasteiger partial charge in [-0.1, -0.05) is 29.8 Å². The molecule has 1 amide bonds. The number of nitrogens with one attached hydrogen (secondary N) is 2. The van der Waals surface area contributed by atoms with E-state index < -0.39 is 0 Å². The van der Waals surface area contributed by atoms with Crippen LogP contribution in [0.1, 0.15) is 18.1 Å². The third kappa shape index (κ3) is 4.63. The molecule has 0 unspecified atom stereocenters. The number of aryl methyl sites for hydroxylation is 1. The van der Waals surface area contributed by atoms with E-state index in [0.29, 0.717) is 5.69 Å². The Morgan fingerprint density at radius 1 is 1.09 bits per heavy atom.